The minimum absolute atomic E-state index is 0.221. The van der Waals surface area contributed by atoms with Crippen LogP contribution in [0.5, 0.6) is 0 Å². The molecule has 1 aliphatic carbocycles. The van der Waals surface area contributed by atoms with Crippen molar-refractivity contribution in [2.24, 2.45) is 0 Å². The molecule has 1 heterocycles. The van der Waals surface area contributed by atoms with Crippen LogP contribution in [-0.4, -0.2) is 15.1 Å². The van der Waals surface area contributed by atoms with E-state index in [2.05, 4.69) is 9.97 Å². The third kappa shape index (κ3) is 1.80. The number of rotatable bonds is 1. The second kappa shape index (κ2) is 4.01. The summed E-state index contributed by atoms with van der Waals surface area (Å²) in [6.45, 7) is 0. The van der Waals surface area contributed by atoms with Crippen LogP contribution in [0.2, 0.25) is 0 Å². The topological polar surface area (TPSA) is 46.0 Å². The van der Waals surface area contributed by atoms with Crippen LogP contribution in [0.3, 0.4) is 0 Å². The van der Waals surface area contributed by atoms with Crippen molar-refractivity contribution in [3.8, 4) is 0 Å². The molecule has 0 saturated carbocycles. The van der Waals surface area contributed by atoms with E-state index in [1.807, 2.05) is 36.4 Å². The number of para-hydroxylation sites is 1. The van der Waals surface area contributed by atoms with E-state index in [0.717, 1.165) is 23.0 Å². The van der Waals surface area contributed by atoms with Gasteiger partial charge in [0.05, 0.1) is 11.2 Å². The first-order chi connectivity index (χ1) is 8.34. The smallest absolute Gasteiger partial charge is 0.116 e. The molecule has 0 fully saturated rings. The Morgan fingerprint density at radius 1 is 1.18 bits per heavy atom. The Morgan fingerprint density at radius 3 is 2.88 bits per heavy atom. The molecular formula is C14H12N2O. The van der Waals surface area contributed by atoms with Crippen molar-refractivity contribution in [2.75, 3.05) is 0 Å². The van der Waals surface area contributed by atoms with E-state index < -0.39 is 0 Å². The lowest BCUT2D eigenvalue weighted by atomic mass is 9.94. The number of hydrogen-bond acceptors (Lipinski definition) is 3. The van der Waals surface area contributed by atoms with Crippen molar-refractivity contribution in [1.29, 1.82) is 0 Å². The van der Waals surface area contributed by atoms with Crippen LogP contribution < -0.4 is 0 Å². The van der Waals surface area contributed by atoms with Crippen molar-refractivity contribution in [2.45, 2.75) is 12.3 Å². The zero-order chi connectivity index (χ0) is 11.7. The van der Waals surface area contributed by atoms with Gasteiger partial charge in [0.2, 0.25) is 0 Å². The lowest BCUT2D eigenvalue weighted by Gasteiger charge is -2.15. The molecule has 0 radical (unpaired) electrons. The van der Waals surface area contributed by atoms with Gasteiger partial charge in [-0.05, 0) is 24.6 Å². The van der Waals surface area contributed by atoms with E-state index in [1.165, 1.54) is 0 Å². The van der Waals surface area contributed by atoms with Gasteiger partial charge in [-0.25, -0.2) is 9.97 Å². The molecule has 17 heavy (non-hydrogen) atoms. The second-order valence-electron chi connectivity index (χ2n) is 4.11. The minimum Gasteiger partial charge on any atom is -0.508 e. The fourth-order valence-electron chi connectivity index (χ4n) is 2.13. The van der Waals surface area contributed by atoms with Crippen LogP contribution in [0.4, 0.5) is 0 Å². The fraction of sp³-hybridized carbons (Fsp3) is 0.143. The summed E-state index contributed by atoms with van der Waals surface area (Å²) in [5.41, 5.74) is 1.99. The Morgan fingerprint density at radius 2 is 2.06 bits per heavy atom. The van der Waals surface area contributed by atoms with Crippen molar-refractivity contribution in [3.63, 3.8) is 0 Å². The predicted molar refractivity (Wildman–Crippen MR) is 66.7 cm³/mol. The van der Waals surface area contributed by atoms with Gasteiger partial charge in [0, 0.05) is 11.3 Å². The van der Waals surface area contributed by atoms with Gasteiger partial charge in [-0.2, -0.15) is 0 Å². The second-order valence-corrected chi connectivity index (χ2v) is 4.11. The van der Waals surface area contributed by atoms with E-state index in [4.69, 9.17) is 0 Å². The molecule has 3 rings (SSSR count). The SMILES string of the molecule is OC1=CCC(c2ncnc3ccccc23)C=C1. The summed E-state index contributed by atoms with van der Waals surface area (Å²) in [6, 6.07) is 7.99. The van der Waals surface area contributed by atoms with Gasteiger partial charge in [-0.15, -0.1) is 0 Å². The lowest BCUT2D eigenvalue weighted by molar-refractivity contribution is 0.425. The van der Waals surface area contributed by atoms with Gasteiger partial charge < -0.3 is 5.11 Å². The third-order valence-corrected chi connectivity index (χ3v) is 3.01. The summed E-state index contributed by atoms with van der Waals surface area (Å²) in [4.78, 5) is 8.63. The van der Waals surface area contributed by atoms with Gasteiger partial charge in [0.1, 0.15) is 12.1 Å². The highest BCUT2D eigenvalue weighted by Crippen LogP contribution is 2.29. The highest BCUT2D eigenvalue weighted by Gasteiger charge is 2.15. The molecule has 0 spiro atoms. The lowest BCUT2D eigenvalue weighted by Crippen LogP contribution is -2.02. The van der Waals surface area contributed by atoms with Crippen molar-refractivity contribution in [3.05, 3.63) is 60.3 Å². The molecule has 1 aliphatic rings. The van der Waals surface area contributed by atoms with Crippen LogP contribution in [0.15, 0.2) is 54.6 Å². The number of benzene rings is 1. The normalized spacial score (nSPS) is 19.3. The first kappa shape index (κ1) is 10.0. The molecule has 2 aromatic rings. The number of aliphatic hydroxyl groups excluding tert-OH is 1. The molecule has 0 saturated heterocycles. The summed E-state index contributed by atoms with van der Waals surface area (Å²) in [5.74, 6) is 0.554. The molecular weight excluding hydrogens is 212 g/mol. The summed E-state index contributed by atoms with van der Waals surface area (Å²) < 4.78 is 0. The maximum absolute atomic E-state index is 9.33. The molecule has 3 nitrogen and oxygen atoms in total. The predicted octanol–water partition coefficient (Wildman–Crippen LogP) is 3.12. The molecule has 1 N–H and O–H groups in total. The van der Waals surface area contributed by atoms with Crippen molar-refractivity contribution in [1.82, 2.24) is 9.97 Å². The zero-order valence-corrected chi connectivity index (χ0v) is 9.24. The van der Waals surface area contributed by atoms with E-state index in [-0.39, 0.29) is 5.92 Å². The zero-order valence-electron chi connectivity index (χ0n) is 9.24. The fourth-order valence-corrected chi connectivity index (χ4v) is 2.13. The van der Waals surface area contributed by atoms with E-state index >= 15 is 0 Å². The average molecular weight is 224 g/mol. The molecule has 84 valence electrons. The summed E-state index contributed by atoms with van der Waals surface area (Å²) in [5, 5.41) is 10.4. The highest BCUT2D eigenvalue weighted by atomic mass is 16.3. The standard InChI is InChI=1S/C14H12N2O/c17-11-7-5-10(6-8-11)14-12-3-1-2-4-13(12)15-9-16-14/h1-5,7-10,17H,6H2. The first-order valence-electron chi connectivity index (χ1n) is 5.61. The summed E-state index contributed by atoms with van der Waals surface area (Å²) >= 11 is 0. The van der Waals surface area contributed by atoms with Crippen molar-refractivity contribution >= 4 is 10.9 Å². The monoisotopic (exact) mass is 224 g/mol. The molecule has 0 bridgehead atoms. The number of fused-ring (bicyclic) bond motifs is 1. The Bertz CT molecular complexity index is 611. The molecule has 1 unspecified atom stereocenters. The van der Waals surface area contributed by atoms with E-state index in [1.54, 1.807) is 12.4 Å². The maximum atomic E-state index is 9.33. The van der Waals surface area contributed by atoms with Gasteiger partial charge in [0.25, 0.3) is 0 Å². The number of allylic oxidation sites excluding steroid dienone is 3. The van der Waals surface area contributed by atoms with E-state index in [0.29, 0.717) is 5.76 Å². The first-order valence-corrected chi connectivity index (χ1v) is 5.61. The Kier molecular flexibility index (Phi) is 2.37. The molecule has 1 aromatic heterocycles. The van der Waals surface area contributed by atoms with Crippen molar-refractivity contribution < 1.29 is 5.11 Å². The molecule has 3 heteroatoms. The Labute approximate surface area is 99.2 Å². The Balaban J connectivity index is 2.09. The number of aliphatic hydroxyl groups is 1. The van der Waals surface area contributed by atoms with Crippen LogP contribution in [0.1, 0.15) is 18.0 Å². The summed E-state index contributed by atoms with van der Waals surface area (Å²) in [6.07, 6.45) is 7.92. The molecule has 1 aromatic carbocycles. The molecule has 0 aliphatic heterocycles. The van der Waals surface area contributed by atoms with Gasteiger partial charge in [-0.3, -0.25) is 0 Å². The number of hydrogen-bond donors (Lipinski definition) is 1. The third-order valence-electron chi connectivity index (χ3n) is 3.01. The van der Waals surface area contributed by atoms with Crippen LogP contribution >= 0.6 is 0 Å². The van der Waals surface area contributed by atoms with Gasteiger partial charge in [0.15, 0.2) is 0 Å². The number of nitrogens with zero attached hydrogens (tertiary/aromatic N) is 2. The molecule has 1 atom stereocenters. The Hall–Kier alpha value is -2.16. The maximum Gasteiger partial charge on any atom is 0.116 e. The molecule has 0 amide bonds. The highest BCUT2D eigenvalue weighted by molar-refractivity contribution is 5.81. The quantitative estimate of drug-likeness (QED) is 0.809. The average Bonchev–Trinajstić information content (AvgIpc) is 2.39. The van der Waals surface area contributed by atoms with Gasteiger partial charge >= 0.3 is 0 Å². The van der Waals surface area contributed by atoms with Gasteiger partial charge in [-0.1, -0.05) is 24.3 Å². The van der Waals surface area contributed by atoms with Crippen LogP contribution in [0.25, 0.3) is 10.9 Å². The minimum atomic E-state index is 0.221. The van der Waals surface area contributed by atoms with Crippen LogP contribution in [-0.2, 0) is 0 Å². The summed E-state index contributed by atoms with van der Waals surface area (Å²) in [7, 11) is 0. The number of aromatic nitrogens is 2. The van der Waals surface area contributed by atoms with E-state index in [9.17, 15) is 5.11 Å². The largest absolute Gasteiger partial charge is 0.508 e. The van der Waals surface area contributed by atoms with Crippen LogP contribution in [0, 0.1) is 0 Å².